The van der Waals surface area contributed by atoms with Crippen LogP contribution in [-0.4, -0.2) is 30.3 Å². The Hall–Kier alpha value is -1.07. The third-order valence-corrected chi connectivity index (χ3v) is 2.76. The quantitative estimate of drug-likeness (QED) is 0.836. The first kappa shape index (κ1) is 14.0. The van der Waals surface area contributed by atoms with Crippen LogP contribution in [-0.2, 0) is 9.53 Å². The first-order valence-corrected chi connectivity index (χ1v) is 5.96. The van der Waals surface area contributed by atoms with Gasteiger partial charge in [-0.1, -0.05) is 15.9 Å². The molecule has 0 heterocycles. The maximum Gasteiger partial charge on any atom is 0.339 e. The minimum Gasteiger partial charge on any atom is -0.467 e. The average Bonchev–Trinajstić information content (AvgIpc) is 2.24. The number of rotatable bonds is 4. The van der Waals surface area contributed by atoms with Gasteiger partial charge in [0.2, 0.25) is 0 Å². The number of benzene rings is 1. The Morgan fingerprint density at radius 1 is 1.53 bits per heavy atom. The van der Waals surface area contributed by atoms with Crippen LogP contribution in [0.5, 0.6) is 0 Å². The van der Waals surface area contributed by atoms with Crippen molar-refractivity contribution in [2.45, 2.75) is 19.4 Å². The molecule has 0 aromatic heterocycles. The number of esters is 1. The van der Waals surface area contributed by atoms with Crippen LogP contribution in [0.25, 0.3) is 0 Å². The van der Waals surface area contributed by atoms with Crippen LogP contribution in [0.2, 0.25) is 0 Å². The van der Waals surface area contributed by atoms with E-state index in [1.165, 1.54) is 14.0 Å². The molecule has 17 heavy (non-hydrogen) atoms. The Morgan fingerprint density at radius 3 is 2.71 bits per heavy atom. The first-order valence-electron chi connectivity index (χ1n) is 5.17. The smallest absolute Gasteiger partial charge is 0.339 e. The molecular formula is C12H16BrNO3. The summed E-state index contributed by atoms with van der Waals surface area (Å²) in [5, 5.41) is 12.8. The van der Waals surface area contributed by atoms with Gasteiger partial charge >= 0.3 is 5.97 Å². The van der Waals surface area contributed by atoms with Crippen molar-refractivity contribution < 1.29 is 14.6 Å². The first-order chi connectivity index (χ1) is 7.85. The van der Waals surface area contributed by atoms with Crippen molar-refractivity contribution in [2.75, 3.05) is 19.0 Å². The minimum absolute atomic E-state index is 0.0928. The van der Waals surface area contributed by atoms with E-state index in [0.29, 0.717) is 0 Å². The van der Waals surface area contributed by atoms with E-state index in [2.05, 4.69) is 26.0 Å². The predicted molar refractivity (Wildman–Crippen MR) is 70.0 cm³/mol. The fourth-order valence-corrected chi connectivity index (χ4v) is 2.01. The lowest BCUT2D eigenvalue weighted by molar-refractivity contribution is -0.158. The third kappa shape index (κ3) is 4.02. The minimum atomic E-state index is -1.54. The highest BCUT2D eigenvalue weighted by atomic mass is 79.9. The predicted octanol–water partition coefficient (Wildman–Crippen LogP) is 2.09. The Kier molecular flexibility index (Phi) is 4.54. The molecule has 4 nitrogen and oxygen atoms in total. The average molecular weight is 302 g/mol. The molecule has 0 saturated heterocycles. The number of nitrogens with one attached hydrogen (secondary N) is 1. The summed E-state index contributed by atoms with van der Waals surface area (Å²) in [6, 6.07) is 5.78. The summed E-state index contributed by atoms with van der Waals surface area (Å²) in [5.41, 5.74) is 0.381. The van der Waals surface area contributed by atoms with E-state index in [1.54, 1.807) is 0 Å². The normalized spacial score (nSPS) is 13.9. The number of ether oxygens (including phenoxy) is 1. The molecule has 5 heteroatoms. The van der Waals surface area contributed by atoms with Gasteiger partial charge in [-0.2, -0.15) is 0 Å². The van der Waals surface area contributed by atoms with E-state index in [4.69, 9.17) is 0 Å². The zero-order chi connectivity index (χ0) is 13.1. The molecule has 1 unspecified atom stereocenters. The molecule has 0 radical (unpaired) electrons. The van der Waals surface area contributed by atoms with Crippen molar-refractivity contribution in [3.63, 3.8) is 0 Å². The van der Waals surface area contributed by atoms with Gasteiger partial charge in [-0.15, -0.1) is 0 Å². The molecule has 0 aliphatic carbocycles. The molecule has 1 atom stereocenters. The Morgan fingerprint density at radius 2 is 2.18 bits per heavy atom. The number of halogens is 1. The highest BCUT2D eigenvalue weighted by molar-refractivity contribution is 9.10. The molecule has 0 spiro atoms. The number of carbonyl (C=O) groups excluding carboxylic acids is 1. The van der Waals surface area contributed by atoms with Crippen molar-refractivity contribution in [3.8, 4) is 0 Å². The van der Waals surface area contributed by atoms with Crippen LogP contribution in [0.3, 0.4) is 0 Å². The van der Waals surface area contributed by atoms with E-state index in [9.17, 15) is 9.90 Å². The molecule has 94 valence electrons. The van der Waals surface area contributed by atoms with Gasteiger partial charge in [0.1, 0.15) is 0 Å². The third-order valence-electron chi connectivity index (χ3n) is 2.30. The molecule has 2 N–H and O–H groups in total. The van der Waals surface area contributed by atoms with E-state index < -0.39 is 11.6 Å². The van der Waals surface area contributed by atoms with Gasteiger partial charge in [0.25, 0.3) is 0 Å². The number of methoxy groups -OCH3 is 1. The van der Waals surface area contributed by atoms with Crippen molar-refractivity contribution >= 4 is 27.6 Å². The maximum atomic E-state index is 11.3. The molecular weight excluding hydrogens is 286 g/mol. The SMILES string of the molecule is COC(=O)C(C)(O)CNc1cc(C)cc(Br)c1. The van der Waals surface area contributed by atoms with Crippen LogP contribution in [0.1, 0.15) is 12.5 Å². The molecule has 0 saturated carbocycles. The van der Waals surface area contributed by atoms with Gasteiger partial charge in [-0.3, -0.25) is 0 Å². The zero-order valence-electron chi connectivity index (χ0n) is 10.1. The van der Waals surface area contributed by atoms with Crippen molar-refractivity contribution in [3.05, 3.63) is 28.2 Å². The maximum absolute atomic E-state index is 11.3. The lowest BCUT2D eigenvalue weighted by atomic mass is 10.1. The largest absolute Gasteiger partial charge is 0.467 e. The summed E-state index contributed by atoms with van der Waals surface area (Å²) in [6.07, 6.45) is 0. The summed E-state index contributed by atoms with van der Waals surface area (Å²) < 4.78 is 5.46. The molecule has 1 rings (SSSR count). The summed E-state index contributed by atoms with van der Waals surface area (Å²) >= 11 is 3.38. The highest BCUT2D eigenvalue weighted by Gasteiger charge is 2.31. The molecule has 0 aliphatic rings. The number of aliphatic hydroxyl groups is 1. The van der Waals surface area contributed by atoms with Gasteiger partial charge in [-0.05, 0) is 37.6 Å². The number of hydrogen-bond donors (Lipinski definition) is 2. The number of aryl methyl sites for hydroxylation is 1. The van der Waals surface area contributed by atoms with E-state index in [0.717, 1.165) is 15.7 Å². The van der Waals surface area contributed by atoms with E-state index in [-0.39, 0.29) is 6.54 Å². The molecule has 0 aliphatic heterocycles. The summed E-state index contributed by atoms with van der Waals surface area (Å²) in [4.78, 5) is 11.3. The Labute approximate surface area is 109 Å². The fourth-order valence-electron chi connectivity index (χ4n) is 1.40. The van der Waals surface area contributed by atoms with Crippen LogP contribution in [0.4, 0.5) is 5.69 Å². The van der Waals surface area contributed by atoms with Gasteiger partial charge in [-0.25, -0.2) is 4.79 Å². The summed E-state index contributed by atoms with van der Waals surface area (Å²) in [6.45, 7) is 3.47. The van der Waals surface area contributed by atoms with Crippen LogP contribution in [0.15, 0.2) is 22.7 Å². The van der Waals surface area contributed by atoms with Gasteiger partial charge in [0, 0.05) is 10.2 Å². The lowest BCUT2D eigenvalue weighted by Gasteiger charge is -2.21. The second kappa shape index (κ2) is 5.51. The van der Waals surface area contributed by atoms with Crippen molar-refractivity contribution in [2.24, 2.45) is 0 Å². The van der Waals surface area contributed by atoms with Crippen LogP contribution >= 0.6 is 15.9 Å². The zero-order valence-corrected chi connectivity index (χ0v) is 11.7. The summed E-state index contributed by atoms with van der Waals surface area (Å²) in [5.74, 6) is -0.656. The Balaban J connectivity index is 2.70. The number of hydrogen-bond acceptors (Lipinski definition) is 4. The lowest BCUT2D eigenvalue weighted by Crippen LogP contribution is -2.42. The number of carbonyl (C=O) groups is 1. The molecule has 0 fully saturated rings. The highest BCUT2D eigenvalue weighted by Crippen LogP contribution is 2.19. The standard InChI is InChI=1S/C12H16BrNO3/c1-8-4-9(13)6-10(5-8)14-7-12(2,16)11(15)17-3/h4-6,14,16H,7H2,1-3H3. The molecule has 0 bridgehead atoms. The number of anilines is 1. The second-order valence-corrected chi connectivity index (χ2v) is 5.05. The second-order valence-electron chi connectivity index (χ2n) is 4.14. The summed E-state index contributed by atoms with van der Waals surface area (Å²) in [7, 11) is 1.25. The van der Waals surface area contributed by atoms with Crippen molar-refractivity contribution in [1.82, 2.24) is 0 Å². The van der Waals surface area contributed by atoms with Gasteiger partial charge < -0.3 is 15.2 Å². The van der Waals surface area contributed by atoms with Crippen LogP contribution < -0.4 is 5.32 Å². The van der Waals surface area contributed by atoms with E-state index >= 15 is 0 Å². The topological polar surface area (TPSA) is 58.6 Å². The molecule has 1 aromatic carbocycles. The van der Waals surface area contributed by atoms with E-state index in [1.807, 2.05) is 25.1 Å². The monoisotopic (exact) mass is 301 g/mol. The fraction of sp³-hybridized carbons (Fsp3) is 0.417. The van der Waals surface area contributed by atoms with Crippen molar-refractivity contribution in [1.29, 1.82) is 0 Å². The van der Waals surface area contributed by atoms with Gasteiger partial charge in [0.15, 0.2) is 5.60 Å². The Bertz CT molecular complexity index is 398. The molecule has 1 aromatic rings. The van der Waals surface area contributed by atoms with Gasteiger partial charge in [0.05, 0.1) is 13.7 Å². The molecule has 0 amide bonds. The van der Waals surface area contributed by atoms with Crippen LogP contribution in [0, 0.1) is 6.92 Å².